The predicted molar refractivity (Wildman–Crippen MR) is 154 cm³/mol. The molecule has 2 fully saturated rings. The molecule has 0 saturated carbocycles. The first kappa shape index (κ1) is 27.7. The molecule has 6 rings (SSSR count). The number of hydrogen-bond acceptors (Lipinski definition) is 9. The molecule has 2 saturated heterocycles. The Morgan fingerprint density at radius 1 is 1.12 bits per heavy atom. The van der Waals surface area contributed by atoms with Gasteiger partial charge in [0.25, 0.3) is 0 Å². The average Bonchev–Trinajstić information content (AvgIpc) is 3.36. The third-order valence-electron chi connectivity index (χ3n) is 8.56. The van der Waals surface area contributed by atoms with Crippen molar-refractivity contribution >= 4 is 32.5 Å². The zero-order chi connectivity index (χ0) is 30.0. The van der Waals surface area contributed by atoms with Crippen molar-refractivity contribution in [2.75, 3.05) is 23.7 Å². The molecular formula is C29H29FN8O3S. The highest BCUT2D eigenvalue weighted by molar-refractivity contribution is 7.95. The quantitative estimate of drug-likeness (QED) is 0.352. The predicted octanol–water partition coefficient (Wildman–Crippen LogP) is 3.11. The van der Waals surface area contributed by atoms with Crippen LogP contribution in [-0.2, 0) is 21.7 Å². The number of benzene rings is 1. The number of nitriles is 1. The number of carbonyl (C=O) groups is 1. The van der Waals surface area contributed by atoms with Crippen LogP contribution in [0.5, 0.6) is 0 Å². The highest BCUT2D eigenvalue weighted by Gasteiger charge is 2.56. The first-order valence-corrected chi connectivity index (χ1v) is 15.2. The first-order chi connectivity index (χ1) is 19.9. The molecule has 2 aliphatic rings. The van der Waals surface area contributed by atoms with Gasteiger partial charge in [-0.3, -0.25) is 14.5 Å². The second-order valence-electron chi connectivity index (χ2n) is 11.2. The van der Waals surface area contributed by atoms with Gasteiger partial charge in [0.1, 0.15) is 34.5 Å². The Hall–Kier alpha value is -4.44. The van der Waals surface area contributed by atoms with Crippen molar-refractivity contribution in [2.45, 2.75) is 44.0 Å². The fraction of sp³-hybridized carbons (Fsp3) is 0.379. The summed E-state index contributed by atoms with van der Waals surface area (Å²) in [5, 5.41) is 14.7. The highest BCUT2D eigenvalue weighted by Crippen LogP contribution is 2.41. The molecule has 0 radical (unpaired) electrons. The smallest absolute Gasteiger partial charge is 0.244 e. The molecule has 2 aliphatic heterocycles. The highest BCUT2D eigenvalue weighted by atomic mass is 32.2. The van der Waals surface area contributed by atoms with Gasteiger partial charge >= 0.3 is 0 Å². The molecule has 0 N–H and O–H groups in total. The third kappa shape index (κ3) is 4.20. The summed E-state index contributed by atoms with van der Waals surface area (Å²) in [6.07, 6.45) is 4.49. The van der Waals surface area contributed by atoms with E-state index in [4.69, 9.17) is 4.98 Å². The number of nitrogens with zero attached hydrogens (tertiary/aromatic N) is 8. The number of aromatic nitrogens is 5. The van der Waals surface area contributed by atoms with Crippen LogP contribution in [0.3, 0.4) is 0 Å². The van der Waals surface area contributed by atoms with Crippen LogP contribution in [0, 0.1) is 17.1 Å². The third-order valence-corrected chi connectivity index (χ3v) is 11.1. The lowest BCUT2D eigenvalue weighted by atomic mass is 9.96. The molecule has 5 heterocycles. The van der Waals surface area contributed by atoms with E-state index in [-0.39, 0.29) is 23.7 Å². The SMILES string of the molecule is C[C@@H]1CN(c2ncnc3c(-c4cc(C#N)n(C)n4)ccc(-c4cncc(F)c4)c23)[C@@H](C)CN1C(=O)[C@@]1(C)CCS1(=O)=O. The Bertz CT molecular complexity index is 1900. The monoisotopic (exact) mass is 588 g/mol. The van der Waals surface area contributed by atoms with Gasteiger partial charge in [0, 0.05) is 55.6 Å². The summed E-state index contributed by atoms with van der Waals surface area (Å²) in [6.45, 7) is 6.07. The maximum absolute atomic E-state index is 14.3. The number of carbonyl (C=O) groups excluding carboxylic acids is 1. The standard InChI is InChI=1S/C29H29FN8O3S/c1-17-15-38(28(39)29(3)7-8-42(29,40)41)18(2)14-37(17)27-25-22(19-9-20(30)13-32-12-19)5-6-23(26(25)33-16-34-27)24-10-21(11-31)36(4)35-24/h5-6,9-10,12-13,16-18H,7-8,14-15H2,1-4H3/t17-,18+,29+/m0/s1. The Morgan fingerprint density at radius 2 is 1.88 bits per heavy atom. The van der Waals surface area contributed by atoms with E-state index in [0.717, 1.165) is 6.20 Å². The summed E-state index contributed by atoms with van der Waals surface area (Å²) in [7, 11) is -1.78. The summed E-state index contributed by atoms with van der Waals surface area (Å²) in [4.78, 5) is 30.6. The van der Waals surface area contributed by atoms with E-state index in [1.165, 1.54) is 24.0 Å². The van der Waals surface area contributed by atoms with Crippen LogP contribution in [0.1, 0.15) is 32.9 Å². The fourth-order valence-corrected chi connectivity index (χ4v) is 7.44. The van der Waals surface area contributed by atoms with Gasteiger partial charge in [0.15, 0.2) is 9.84 Å². The summed E-state index contributed by atoms with van der Waals surface area (Å²) >= 11 is 0. The molecule has 1 aromatic carbocycles. The van der Waals surface area contributed by atoms with Gasteiger partial charge in [-0.05, 0) is 44.9 Å². The zero-order valence-corrected chi connectivity index (χ0v) is 24.4. The Labute approximate surface area is 242 Å². The minimum atomic E-state index is -3.47. The molecule has 216 valence electrons. The van der Waals surface area contributed by atoms with Crippen molar-refractivity contribution in [3.05, 3.63) is 54.5 Å². The summed E-state index contributed by atoms with van der Waals surface area (Å²) in [5.74, 6) is -0.234. The molecule has 13 heteroatoms. The number of amides is 1. The van der Waals surface area contributed by atoms with Crippen LogP contribution in [0.4, 0.5) is 10.2 Å². The van der Waals surface area contributed by atoms with E-state index in [0.29, 0.717) is 64.3 Å². The molecule has 11 nitrogen and oxygen atoms in total. The lowest BCUT2D eigenvalue weighted by molar-refractivity contribution is -0.137. The largest absolute Gasteiger partial charge is 0.349 e. The van der Waals surface area contributed by atoms with Crippen molar-refractivity contribution in [2.24, 2.45) is 7.05 Å². The van der Waals surface area contributed by atoms with Crippen LogP contribution in [0.25, 0.3) is 33.3 Å². The minimum absolute atomic E-state index is 0.0260. The van der Waals surface area contributed by atoms with Crippen LogP contribution in [0.15, 0.2) is 43.0 Å². The lowest BCUT2D eigenvalue weighted by Crippen LogP contribution is -2.66. The van der Waals surface area contributed by atoms with E-state index in [9.17, 15) is 22.9 Å². The number of halogens is 1. The van der Waals surface area contributed by atoms with Crippen molar-refractivity contribution in [3.8, 4) is 28.5 Å². The van der Waals surface area contributed by atoms with Crippen molar-refractivity contribution in [1.29, 1.82) is 5.26 Å². The molecule has 0 aliphatic carbocycles. The first-order valence-electron chi connectivity index (χ1n) is 13.6. The summed E-state index contributed by atoms with van der Waals surface area (Å²) < 4.78 is 39.4. The van der Waals surface area contributed by atoms with E-state index in [1.54, 1.807) is 24.2 Å². The van der Waals surface area contributed by atoms with Crippen LogP contribution in [-0.4, -0.2) is 79.6 Å². The molecule has 0 spiro atoms. The normalized spacial score (nSPS) is 23.4. The number of rotatable bonds is 4. The minimum Gasteiger partial charge on any atom is -0.349 e. The van der Waals surface area contributed by atoms with E-state index in [2.05, 4.69) is 26.0 Å². The second kappa shape index (κ2) is 9.84. The molecule has 42 heavy (non-hydrogen) atoms. The Morgan fingerprint density at radius 3 is 2.52 bits per heavy atom. The average molecular weight is 589 g/mol. The van der Waals surface area contributed by atoms with Crippen LogP contribution >= 0.6 is 0 Å². The zero-order valence-electron chi connectivity index (χ0n) is 23.6. The van der Waals surface area contributed by atoms with Gasteiger partial charge in [-0.15, -0.1) is 0 Å². The number of sulfone groups is 1. The topological polar surface area (TPSA) is 138 Å². The van der Waals surface area contributed by atoms with Crippen molar-refractivity contribution in [1.82, 2.24) is 29.6 Å². The maximum atomic E-state index is 14.3. The molecule has 3 atom stereocenters. The van der Waals surface area contributed by atoms with Crippen LogP contribution in [0.2, 0.25) is 0 Å². The number of fused-ring (bicyclic) bond motifs is 1. The van der Waals surface area contributed by atoms with Gasteiger partial charge in [0.2, 0.25) is 5.91 Å². The molecule has 1 amide bonds. The molecular weight excluding hydrogens is 559 g/mol. The number of anilines is 1. The molecule has 4 aromatic rings. The molecule has 0 unspecified atom stereocenters. The van der Waals surface area contributed by atoms with Gasteiger partial charge in [0.05, 0.1) is 28.5 Å². The van der Waals surface area contributed by atoms with Crippen molar-refractivity contribution in [3.63, 3.8) is 0 Å². The van der Waals surface area contributed by atoms with Crippen molar-refractivity contribution < 1.29 is 17.6 Å². The number of piperazine rings is 1. The van der Waals surface area contributed by atoms with Gasteiger partial charge in [-0.1, -0.05) is 6.07 Å². The summed E-state index contributed by atoms with van der Waals surface area (Å²) in [5.41, 5.74) is 3.39. The Balaban J connectivity index is 1.48. The van der Waals surface area contributed by atoms with E-state index < -0.39 is 20.4 Å². The lowest BCUT2D eigenvalue weighted by Gasteiger charge is -2.48. The number of pyridine rings is 1. The fourth-order valence-electron chi connectivity index (χ4n) is 5.91. The number of aryl methyl sites for hydroxylation is 1. The van der Waals surface area contributed by atoms with E-state index >= 15 is 0 Å². The Kier molecular flexibility index (Phi) is 6.49. The molecule has 3 aromatic heterocycles. The van der Waals surface area contributed by atoms with Crippen LogP contribution < -0.4 is 4.90 Å². The van der Waals surface area contributed by atoms with E-state index in [1.807, 2.05) is 26.0 Å². The van der Waals surface area contributed by atoms with Gasteiger partial charge in [-0.2, -0.15) is 10.4 Å². The second-order valence-corrected chi connectivity index (χ2v) is 13.8. The maximum Gasteiger partial charge on any atom is 0.244 e. The summed E-state index contributed by atoms with van der Waals surface area (Å²) in [6, 6.07) is 8.37. The van der Waals surface area contributed by atoms with Gasteiger partial charge in [-0.25, -0.2) is 22.8 Å². The molecule has 0 bridgehead atoms. The van der Waals surface area contributed by atoms with Gasteiger partial charge < -0.3 is 9.80 Å². The number of hydrogen-bond donors (Lipinski definition) is 0.